The van der Waals surface area contributed by atoms with Crippen molar-refractivity contribution in [1.82, 2.24) is 20.2 Å². The van der Waals surface area contributed by atoms with Crippen molar-refractivity contribution in [1.29, 1.82) is 0 Å². The smallest absolute Gasteiger partial charge is 0.179 e. The van der Waals surface area contributed by atoms with Gasteiger partial charge in [0, 0.05) is 12.0 Å². The summed E-state index contributed by atoms with van der Waals surface area (Å²) in [4.78, 5) is 1.51. The van der Waals surface area contributed by atoms with E-state index >= 15 is 0 Å². The van der Waals surface area contributed by atoms with Crippen LogP contribution in [0.2, 0.25) is 0 Å². The third kappa shape index (κ3) is 1.92. The molecule has 1 aromatic heterocycles. The molecule has 0 radical (unpaired) electrons. The van der Waals surface area contributed by atoms with Crippen LogP contribution < -0.4 is 5.73 Å². The summed E-state index contributed by atoms with van der Waals surface area (Å²) < 4.78 is 0. The Balaban J connectivity index is 2.14. The van der Waals surface area contributed by atoms with E-state index in [0.29, 0.717) is 5.92 Å². The number of hydrogen-bond acceptors (Lipinski definition) is 4. The van der Waals surface area contributed by atoms with Crippen LogP contribution in [0.4, 0.5) is 0 Å². The average Bonchev–Trinajstić information content (AvgIpc) is 2.46. The van der Waals surface area contributed by atoms with Gasteiger partial charge in [0.15, 0.2) is 5.82 Å². The van der Waals surface area contributed by atoms with Crippen molar-refractivity contribution in [3.05, 3.63) is 5.82 Å². The highest BCUT2D eigenvalue weighted by Crippen LogP contribution is 2.28. The molecule has 2 rings (SSSR count). The standard InChI is InChI=1S/C9H17N5/c1-14-12-9(11-13-14)7-5-3-2-4-6-8(7)10/h7-8H,2-6,10H2,1H3. The van der Waals surface area contributed by atoms with E-state index in [1.807, 2.05) is 0 Å². The van der Waals surface area contributed by atoms with E-state index in [1.54, 1.807) is 7.05 Å². The molecule has 78 valence electrons. The number of rotatable bonds is 1. The molecular formula is C9H17N5. The first kappa shape index (κ1) is 9.58. The van der Waals surface area contributed by atoms with Gasteiger partial charge in [0.2, 0.25) is 0 Å². The second-order valence-corrected chi connectivity index (χ2v) is 4.05. The summed E-state index contributed by atoms with van der Waals surface area (Å²) in [6.07, 6.45) is 5.94. The van der Waals surface area contributed by atoms with E-state index in [2.05, 4.69) is 15.4 Å². The monoisotopic (exact) mass is 195 g/mol. The van der Waals surface area contributed by atoms with Crippen LogP contribution in [0, 0.1) is 0 Å². The molecule has 1 aliphatic carbocycles. The van der Waals surface area contributed by atoms with Gasteiger partial charge >= 0.3 is 0 Å². The van der Waals surface area contributed by atoms with Crippen molar-refractivity contribution < 1.29 is 0 Å². The van der Waals surface area contributed by atoms with Gasteiger partial charge in [-0.15, -0.1) is 10.2 Å². The van der Waals surface area contributed by atoms with Crippen molar-refractivity contribution in [3.63, 3.8) is 0 Å². The van der Waals surface area contributed by atoms with Crippen LogP contribution in [0.1, 0.15) is 43.8 Å². The van der Waals surface area contributed by atoms with Crippen molar-refractivity contribution in [3.8, 4) is 0 Å². The quantitative estimate of drug-likeness (QED) is 0.666. The lowest BCUT2D eigenvalue weighted by atomic mass is 9.95. The lowest BCUT2D eigenvalue weighted by Gasteiger charge is -2.16. The van der Waals surface area contributed by atoms with Gasteiger partial charge in [-0.2, -0.15) is 4.80 Å². The summed E-state index contributed by atoms with van der Waals surface area (Å²) in [6.45, 7) is 0. The second-order valence-electron chi connectivity index (χ2n) is 4.05. The fraction of sp³-hybridized carbons (Fsp3) is 0.889. The maximum absolute atomic E-state index is 6.10. The molecule has 1 fully saturated rings. The van der Waals surface area contributed by atoms with Crippen LogP contribution in [-0.4, -0.2) is 26.2 Å². The Hall–Kier alpha value is -0.970. The van der Waals surface area contributed by atoms with E-state index in [-0.39, 0.29) is 6.04 Å². The third-order valence-electron chi connectivity index (χ3n) is 2.92. The highest BCUT2D eigenvalue weighted by molar-refractivity contribution is 4.98. The number of nitrogens with two attached hydrogens (primary N) is 1. The lowest BCUT2D eigenvalue weighted by Crippen LogP contribution is -2.28. The summed E-state index contributed by atoms with van der Waals surface area (Å²) in [6, 6.07) is 0.210. The lowest BCUT2D eigenvalue weighted by molar-refractivity contribution is 0.481. The van der Waals surface area contributed by atoms with E-state index in [4.69, 9.17) is 5.73 Å². The van der Waals surface area contributed by atoms with Gasteiger partial charge in [0.1, 0.15) is 0 Å². The minimum atomic E-state index is 0.210. The summed E-state index contributed by atoms with van der Waals surface area (Å²) in [5.74, 6) is 1.13. The fourth-order valence-corrected chi connectivity index (χ4v) is 2.10. The second kappa shape index (κ2) is 4.04. The molecule has 5 nitrogen and oxygen atoms in total. The Kier molecular flexibility index (Phi) is 2.77. The Morgan fingerprint density at radius 2 is 2.07 bits per heavy atom. The molecule has 1 heterocycles. The Morgan fingerprint density at radius 3 is 2.79 bits per heavy atom. The number of nitrogens with zero attached hydrogens (tertiary/aromatic N) is 4. The maximum atomic E-state index is 6.10. The maximum Gasteiger partial charge on any atom is 0.179 e. The minimum Gasteiger partial charge on any atom is -0.327 e. The number of aromatic nitrogens is 4. The first-order valence-electron chi connectivity index (χ1n) is 5.27. The molecule has 2 N–H and O–H groups in total. The Morgan fingerprint density at radius 1 is 1.29 bits per heavy atom. The zero-order chi connectivity index (χ0) is 9.97. The number of tetrazole rings is 1. The molecule has 0 amide bonds. The molecule has 1 aromatic rings. The van der Waals surface area contributed by atoms with Crippen molar-refractivity contribution >= 4 is 0 Å². The first-order valence-corrected chi connectivity index (χ1v) is 5.27. The van der Waals surface area contributed by atoms with Gasteiger partial charge < -0.3 is 5.73 Å². The topological polar surface area (TPSA) is 69.6 Å². The van der Waals surface area contributed by atoms with Crippen LogP contribution in [0.15, 0.2) is 0 Å². The van der Waals surface area contributed by atoms with E-state index < -0.39 is 0 Å². The van der Waals surface area contributed by atoms with Gasteiger partial charge in [0.25, 0.3) is 0 Å². The average molecular weight is 195 g/mol. The van der Waals surface area contributed by atoms with Gasteiger partial charge in [-0.25, -0.2) is 0 Å². The summed E-state index contributed by atoms with van der Waals surface area (Å²) >= 11 is 0. The van der Waals surface area contributed by atoms with E-state index in [0.717, 1.165) is 18.7 Å². The molecule has 0 aromatic carbocycles. The molecule has 0 bridgehead atoms. The van der Waals surface area contributed by atoms with Crippen molar-refractivity contribution in [2.75, 3.05) is 0 Å². The Bertz CT molecular complexity index is 295. The molecule has 2 unspecified atom stereocenters. The summed E-state index contributed by atoms with van der Waals surface area (Å²) in [5, 5.41) is 12.2. The van der Waals surface area contributed by atoms with Gasteiger partial charge in [-0.3, -0.25) is 0 Å². The van der Waals surface area contributed by atoms with Crippen LogP contribution in [0.3, 0.4) is 0 Å². The molecule has 14 heavy (non-hydrogen) atoms. The highest BCUT2D eigenvalue weighted by atomic mass is 15.6. The number of aryl methyl sites for hydroxylation is 1. The number of hydrogen-bond donors (Lipinski definition) is 1. The summed E-state index contributed by atoms with van der Waals surface area (Å²) in [7, 11) is 1.79. The predicted molar refractivity (Wildman–Crippen MR) is 52.6 cm³/mol. The Labute approximate surface area is 83.7 Å². The molecule has 0 spiro atoms. The van der Waals surface area contributed by atoms with Crippen molar-refractivity contribution in [2.45, 2.75) is 44.1 Å². The third-order valence-corrected chi connectivity index (χ3v) is 2.92. The first-order chi connectivity index (χ1) is 6.77. The molecule has 1 aliphatic rings. The molecule has 0 saturated heterocycles. The van der Waals surface area contributed by atoms with Crippen LogP contribution in [0.25, 0.3) is 0 Å². The molecule has 0 aliphatic heterocycles. The molecular weight excluding hydrogens is 178 g/mol. The largest absolute Gasteiger partial charge is 0.327 e. The van der Waals surface area contributed by atoms with Crippen LogP contribution in [0.5, 0.6) is 0 Å². The van der Waals surface area contributed by atoms with Gasteiger partial charge in [-0.05, 0) is 18.1 Å². The SMILES string of the molecule is Cn1nnc(C2CCCCCC2N)n1. The van der Waals surface area contributed by atoms with Crippen molar-refractivity contribution in [2.24, 2.45) is 12.8 Å². The molecule has 5 heteroatoms. The van der Waals surface area contributed by atoms with Gasteiger partial charge in [0.05, 0.1) is 7.05 Å². The zero-order valence-electron chi connectivity index (χ0n) is 8.56. The fourth-order valence-electron chi connectivity index (χ4n) is 2.10. The minimum absolute atomic E-state index is 0.210. The van der Waals surface area contributed by atoms with Gasteiger partial charge in [-0.1, -0.05) is 19.3 Å². The normalized spacial score (nSPS) is 28.7. The highest BCUT2D eigenvalue weighted by Gasteiger charge is 2.25. The predicted octanol–water partition coefficient (Wildman–Crippen LogP) is 0.585. The molecule has 1 saturated carbocycles. The van der Waals surface area contributed by atoms with E-state index in [9.17, 15) is 0 Å². The molecule has 2 atom stereocenters. The zero-order valence-corrected chi connectivity index (χ0v) is 8.56. The van der Waals surface area contributed by atoms with Crippen LogP contribution in [-0.2, 0) is 7.05 Å². The van der Waals surface area contributed by atoms with Crippen LogP contribution >= 0.6 is 0 Å². The van der Waals surface area contributed by atoms with E-state index in [1.165, 1.54) is 24.1 Å². The summed E-state index contributed by atoms with van der Waals surface area (Å²) in [5.41, 5.74) is 6.10.